The summed E-state index contributed by atoms with van der Waals surface area (Å²) in [6.45, 7) is 1.78. The Morgan fingerprint density at radius 1 is 1.61 bits per heavy atom. The molecule has 1 saturated heterocycles. The molecule has 1 heterocycles. The lowest BCUT2D eigenvalue weighted by Crippen LogP contribution is -2.28. The number of halogens is 1. The Morgan fingerprint density at radius 2 is 2.39 bits per heavy atom. The summed E-state index contributed by atoms with van der Waals surface area (Å²) in [6.07, 6.45) is 0.697. The number of anilines is 1. The van der Waals surface area contributed by atoms with Gasteiger partial charge in [0.05, 0.1) is 11.6 Å². The first-order valence-electron chi connectivity index (χ1n) is 6.09. The molecule has 0 radical (unpaired) electrons. The lowest BCUT2D eigenvalue weighted by molar-refractivity contribution is -0.121. The van der Waals surface area contributed by atoms with Crippen molar-refractivity contribution >= 4 is 11.6 Å². The molecular weight excluding hydrogens is 233 g/mol. The summed E-state index contributed by atoms with van der Waals surface area (Å²) in [4.78, 5) is 13.1. The summed E-state index contributed by atoms with van der Waals surface area (Å²) in [6, 6.07) is 5.05. The van der Waals surface area contributed by atoms with Gasteiger partial charge < -0.3 is 16.0 Å². The van der Waals surface area contributed by atoms with Gasteiger partial charge in [-0.25, -0.2) is 4.39 Å². The number of primary amides is 1. The molecule has 0 aromatic heterocycles. The first-order chi connectivity index (χ1) is 8.63. The van der Waals surface area contributed by atoms with E-state index in [-0.39, 0.29) is 17.6 Å². The molecule has 1 aromatic carbocycles. The summed E-state index contributed by atoms with van der Waals surface area (Å²) >= 11 is 0. The maximum Gasteiger partial charge on any atom is 0.222 e. The fourth-order valence-electron chi connectivity index (χ4n) is 2.44. The predicted molar refractivity (Wildman–Crippen MR) is 68.7 cm³/mol. The largest absolute Gasteiger partial charge is 0.369 e. The fraction of sp³-hybridized carbons (Fsp3) is 0.462. The normalized spacial score (nSPS) is 19.2. The first-order valence-corrected chi connectivity index (χ1v) is 6.09. The number of amides is 1. The van der Waals surface area contributed by atoms with Gasteiger partial charge in [-0.05, 0) is 25.1 Å². The van der Waals surface area contributed by atoms with Crippen molar-refractivity contribution in [2.24, 2.45) is 11.7 Å². The van der Waals surface area contributed by atoms with Crippen LogP contribution in [0.3, 0.4) is 0 Å². The topological polar surface area (TPSA) is 58.4 Å². The molecule has 98 valence electrons. The third-order valence-electron chi connectivity index (χ3n) is 3.34. The molecule has 1 atom stereocenters. The van der Waals surface area contributed by atoms with E-state index in [1.54, 1.807) is 6.07 Å². The number of nitrogens with one attached hydrogen (secondary N) is 1. The lowest BCUT2D eigenvalue weighted by atomic mass is 10.1. The van der Waals surface area contributed by atoms with Crippen LogP contribution in [0, 0.1) is 11.7 Å². The van der Waals surface area contributed by atoms with Gasteiger partial charge in [0.1, 0.15) is 5.82 Å². The molecular formula is C13H18FN3O. The smallest absolute Gasteiger partial charge is 0.222 e. The Kier molecular flexibility index (Phi) is 3.81. The van der Waals surface area contributed by atoms with Crippen LogP contribution in [0.5, 0.6) is 0 Å². The molecule has 1 unspecified atom stereocenters. The predicted octanol–water partition coefficient (Wildman–Crippen LogP) is 0.857. The van der Waals surface area contributed by atoms with Crippen LogP contribution < -0.4 is 16.0 Å². The number of carbonyl (C=O) groups is 1. The van der Waals surface area contributed by atoms with E-state index in [4.69, 9.17) is 5.73 Å². The van der Waals surface area contributed by atoms with Gasteiger partial charge in [0, 0.05) is 19.6 Å². The van der Waals surface area contributed by atoms with Crippen molar-refractivity contribution in [3.8, 4) is 0 Å². The van der Waals surface area contributed by atoms with Crippen molar-refractivity contribution in [3.63, 3.8) is 0 Å². The number of nitrogens with zero attached hydrogens (tertiary/aromatic N) is 1. The maximum atomic E-state index is 14.0. The second-order valence-electron chi connectivity index (χ2n) is 4.61. The zero-order chi connectivity index (χ0) is 13.1. The average Bonchev–Trinajstić information content (AvgIpc) is 2.79. The summed E-state index contributed by atoms with van der Waals surface area (Å²) in [7, 11) is 1.82. The van der Waals surface area contributed by atoms with Gasteiger partial charge in [0.15, 0.2) is 0 Å². The van der Waals surface area contributed by atoms with Crippen LogP contribution in [-0.2, 0) is 11.3 Å². The quantitative estimate of drug-likeness (QED) is 0.834. The Morgan fingerprint density at radius 3 is 3.00 bits per heavy atom. The average molecular weight is 251 g/mol. The molecule has 0 bridgehead atoms. The molecule has 1 aromatic rings. The molecule has 1 aliphatic rings. The number of carbonyl (C=O) groups excluding carboxylic acids is 1. The van der Waals surface area contributed by atoms with Crippen molar-refractivity contribution < 1.29 is 9.18 Å². The van der Waals surface area contributed by atoms with Crippen LogP contribution in [0.2, 0.25) is 0 Å². The first kappa shape index (κ1) is 12.8. The van der Waals surface area contributed by atoms with Gasteiger partial charge in [-0.3, -0.25) is 4.79 Å². The molecule has 0 saturated carbocycles. The van der Waals surface area contributed by atoms with Crippen LogP contribution in [-0.4, -0.2) is 26.0 Å². The summed E-state index contributed by atoms with van der Waals surface area (Å²) in [5.74, 6) is -0.719. The minimum Gasteiger partial charge on any atom is -0.369 e. The molecule has 0 spiro atoms. The van der Waals surface area contributed by atoms with Crippen LogP contribution in [0.4, 0.5) is 10.1 Å². The maximum absolute atomic E-state index is 14.0. The molecule has 18 heavy (non-hydrogen) atoms. The van der Waals surface area contributed by atoms with Crippen molar-refractivity contribution in [2.75, 3.05) is 25.0 Å². The molecule has 0 aliphatic carbocycles. The van der Waals surface area contributed by atoms with Crippen LogP contribution in [0.1, 0.15) is 12.0 Å². The highest BCUT2D eigenvalue weighted by atomic mass is 19.1. The molecule has 4 nitrogen and oxygen atoms in total. The second kappa shape index (κ2) is 5.35. The van der Waals surface area contributed by atoms with Gasteiger partial charge in [-0.2, -0.15) is 0 Å². The fourth-order valence-corrected chi connectivity index (χ4v) is 2.44. The molecule has 1 fully saturated rings. The van der Waals surface area contributed by atoms with Gasteiger partial charge >= 0.3 is 0 Å². The zero-order valence-electron chi connectivity index (χ0n) is 10.4. The minimum atomic E-state index is -0.302. The van der Waals surface area contributed by atoms with Crippen LogP contribution in [0.15, 0.2) is 18.2 Å². The number of para-hydroxylation sites is 1. The van der Waals surface area contributed by atoms with Crippen molar-refractivity contribution in [1.29, 1.82) is 0 Å². The standard InChI is InChI=1S/C13H18FN3O/c1-16-7-9-3-2-4-11(14)12(9)17-6-5-10(8-17)13(15)18/h2-4,10,16H,5-8H2,1H3,(H2,15,18). The highest BCUT2D eigenvalue weighted by Crippen LogP contribution is 2.29. The monoisotopic (exact) mass is 251 g/mol. The number of rotatable bonds is 4. The minimum absolute atomic E-state index is 0.174. The van der Waals surface area contributed by atoms with E-state index < -0.39 is 0 Å². The van der Waals surface area contributed by atoms with E-state index in [1.165, 1.54) is 6.07 Å². The van der Waals surface area contributed by atoms with Crippen molar-refractivity contribution in [1.82, 2.24) is 5.32 Å². The summed E-state index contributed by atoms with van der Waals surface area (Å²) in [5.41, 5.74) is 6.80. The van der Waals surface area contributed by atoms with E-state index in [0.29, 0.717) is 31.7 Å². The van der Waals surface area contributed by atoms with Gasteiger partial charge in [-0.15, -0.1) is 0 Å². The van der Waals surface area contributed by atoms with Crippen LogP contribution in [0.25, 0.3) is 0 Å². The Hall–Kier alpha value is -1.62. The molecule has 2 rings (SSSR count). The number of hydrogen-bond donors (Lipinski definition) is 2. The van der Waals surface area contributed by atoms with E-state index in [2.05, 4.69) is 5.32 Å². The molecule has 3 N–H and O–H groups in total. The number of benzene rings is 1. The zero-order valence-corrected chi connectivity index (χ0v) is 10.4. The third kappa shape index (κ3) is 2.46. The summed E-state index contributed by atoms with van der Waals surface area (Å²) < 4.78 is 14.0. The number of nitrogens with two attached hydrogens (primary N) is 1. The summed E-state index contributed by atoms with van der Waals surface area (Å²) in [5, 5.41) is 3.02. The second-order valence-corrected chi connectivity index (χ2v) is 4.61. The van der Waals surface area contributed by atoms with E-state index in [9.17, 15) is 9.18 Å². The highest BCUT2D eigenvalue weighted by molar-refractivity contribution is 5.78. The van der Waals surface area contributed by atoms with E-state index in [0.717, 1.165) is 5.56 Å². The van der Waals surface area contributed by atoms with Crippen molar-refractivity contribution in [3.05, 3.63) is 29.6 Å². The third-order valence-corrected chi connectivity index (χ3v) is 3.34. The van der Waals surface area contributed by atoms with Gasteiger partial charge in [0.25, 0.3) is 0 Å². The van der Waals surface area contributed by atoms with Crippen LogP contribution >= 0.6 is 0 Å². The molecule has 1 amide bonds. The van der Waals surface area contributed by atoms with Crippen molar-refractivity contribution in [2.45, 2.75) is 13.0 Å². The Balaban J connectivity index is 2.25. The lowest BCUT2D eigenvalue weighted by Gasteiger charge is -2.22. The van der Waals surface area contributed by atoms with Gasteiger partial charge in [0.2, 0.25) is 5.91 Å². The Bertz CT molecular complexity index is 450. The van der Waals surface area contributed by atoms with E-state index in [1.807, 2.05) is 18.0 Å². The highest BCUT2D eigenvalue weighted by Gasteiger charge is 2.29. The van der Waals surface area contributed by atoms with Gasteiger partial charge in [-0.1, -0.05) is 12.1 Å². The molecule has 5 heteroatoms. The van der Waals surface area contributed by atoms with E-state index >= 15 is 0 Å². The molecule has 1 aliphatic heterocycles. The SMILES string of the molecule is CNCc1cccc(F)c1N1CCC(C(N)=O)C1. The Labute approximate surface area is 106 Å². The number of hydrogen-bond acceptors (Lipinski definition) is 3.